The molecule has 8 nitrogen and oxygen atoms in total. The van der Waals surface area contributed by atoms with Gasteiger partial charge in [0, 0.05) is 29.9 Å². The largest absolute Gasteiger partial charge is 0.433 e. The zero-order valence-corrected chi connectivity index (χ0v) is 16.4. The molecule has 0 unspecified atom stereocenters. The molecule has 1 atom stereocenters. The summed E-state index contributed by atoms with van der Waals surface area (Å²) in [5.74, 6) is 0.557. The summed E-state index contributed by atoms with van der Waals surface area (Å²) < 4.78 is 46.5. The number of aromatic amines is 2. The van der Waals surface area contributed by atoms with E-state index in [0.717, 1.165) is 0 Å². The topological polar surface area (TPSA) is 95.6 Å². The number of rotatable bonds is 3. The zero-order valence-electron chi connectivity index (χ0n) is 16.4. The Morgan fingerprint density at radius 2 is 2.00 bits per heavy atom. The minimum atomic E-state index is -4.58. The first-order chi connectivity index (χ1) is 14.9. The number of morpholine rings is 1. The smallest absolute Gasteiger partial charge is 0.377 e. The summed E-state index contributed by atoms with van der Waals surface area (Å²) in [5, 5.41) is 13.1. The second kappa shape index (κ2) is 7.34. The van der Waals surface area contributed by atoms with Gasteiger partial charge in [-0.05, 0) is 30.7 Å². The third kappa shape index (κ3) is 3.40. The number of nitrogens with zero attached hydrogens (tertiary/aromatic N) is 5. The molecular formula is C20H18F3N7O. The average molecular weight is 429 g/mol. The standard InChI is InChI=1S/C20H18F3N7O/c1-11-10-31-7-6-30(11)16-8-13(14-9-26-29-19(14)20(21,22)23)12-2-4-24-18(17(12)27-16)15-3-5-25-28-15/h2-5,8-9,11H,6-7,10H2,1H3,(H,25,28)(H,26,29)/t11-/m1/s1. The lowest BCUT2D eigenvalue weighted by Gasteiger charge is -2.34. The highest BCUT2D eigenvalue weighted by Gasteiger charge is 2.36. The maximum Gasteiger partial charge on any atom is 0.433 e. The third-order valence-electron chi connectivity index (χ3n) is 5.34. The van der Waals surface area contributed by atoms with Crippen LogP contribution in [0.15, 0.2) is 36.8 Å². The predicted molar refractivity (Wildman–Crippen MR) is 107 cm³/mol. The maximum atomic E-state index is 13.6. The molecule has 1 saturated heterocycles. The molecule has 160 valence electrons. The molecule has 11 heteroatoms. The molecule has 0 aromatic carbocycles. The molecule has 0 radical (unpaired) electrons. The van der Waals surface area contributed by atoms with Gasteiger partial charge in [0.2, 0.25) is 0 Å². The van der Waals surface area contributed by atoms with Crippen LogP contribution in [0.4, 0.5) is 19.0 Å². The van der Waals surface area contributed by atoms with Crippen LogP contribution in [0.1, 0.15) is 12.6 Å². The van der Waals surface area contributed by atoms with Crippen LogP contribution in [0, 0.1) is 0 Å². The van der Waals surface area contributed by atoms with Gasteiger partial charge in [-0.1, -0.05) is 0 Å². The van der Waals surface area contributed by atoms with Crippen LogP contribution in [0.5, 0.6) is 0 Å². The Bertz CT molecular complexity index is 1220. The van der Waals surface area contributed by atoms with E-state index < -0.39 is 11.9 Å². The summed E-state index contributed by atoms with van der Waals surface area (Å²) in [6.45, 7) is 3.59. The number of halogens is 3. The van der Waals surface area contributed by atoms with Gasteiger partial charge in [-0.25, -0.2) is 4.98 Å². The SMILES string of the molecule is C[C@@H]1COCCN1c1cc(-c2cn[nH]c2C(F)(F)F)c2ccnc(-c3ccn[nH]3)c2n1. The molecule has 31 heavy (non-hydrogen) atoms. The molecule has 1 aliphatic rings. The number of fused-ring (bicyclic) bond motifs is 1. The van der Waals surface area contributed by atoms with Gasteiger partial charge in [0.25, 0.3) is 0 Å². The van der Waals surface area contributed by atoms with Crippen molar-refractivity contribution in [2.75, 3.05) is 24.7 Å². The van der Waals surface area contributed by atoms with Gasteiger partial charge in [-0.15, -0.1) is 0 Å². The van der Waals surface area contributed by atoms with E-state index in [9.17, 15) is 13.2 Å². The lowest BCUT2D eigenvalue weighted by atomic mass is 10.00. The minimum Gasteiger partial charge on any atom is -0.377 e. The highest BCUT2D eigenvalue weighted by atomic mass is 19.4. The van der Waals surface area contributed by atoms with Gasteiger partial charge >= 0.3 is 6.18 Å². The number of anilines is 1. The van der Waals surface area contributed by atoms with Crippen molar-refractivity contribution in [3.63, 3.8) is 0 Å². The van der Waals surface area contributed by atoms with Crippen LogP contribution in [-0.4, -0.2) is 56.2 Å². The van der Waals surface area contributed by atoms with Crippen molar-refractivity contribution >= 4 is 16.7 Å². The Balaban J connectivity index is 1.80. The van der Waals surface area contributed by atoms with Crippen LogP contribution in [0.25, 0.3) is 33.4 Å². The fraction of sp³-hybridized carbons (Fsp3) is 0.300. The lowest BCUT2D eigenvalue weighted by Crippen LogP contribution is -2.44. The van der Waals surface area contributed by atoms with Crippen LogP contribution in [0.3, 0.4) is 0 Å². The van der Waals surface area contributed by atoms with E-state index in [1.807, 2.05) is 11.8 Å². The Kier molecular flexibility index (Phi) is 4.62. The van der Waals surface area contributed by atoms with Gasteiger partial charge in [0.15, 0.2) is 0 Å². The molecule has 4 aromatic rings. The van der Waals surface area contributed by atoms with Crippen molar-refractivity contribution in [2.45, 2.75) is 19.1 Å². The predicted octanol–water partition coefficient (Wildman–Crippen LogP) is 3.65. The van der Waals surface area contributed by atoms with E-state index in [1.165, 1.54) is 6.20 Å². The van der Waals surface area contributed by atoms with Crippen molar-refractivity contribution < 1.29 is 17.9 Å². The number of H-pyrrole nitrogens is 2. The maximum absolute atomic E-state index is 13.6. The molecule has 2 N–H and O–H groups in total. The van der Waals surface area contributed by atoms with E-state index in [1.54, 1.807) is 30.6 Å². The number of nitrogens with one attached hydrogen (secondary N) is 2. The van der Waals surface area contributed by atoms with Crippen molar-refractivity contribution in [2.24, 2.45) is 0 Å². The van der Waals surface area contributed by atoms with E-state index in [-0.39, 0.29) is 11.6 Å². The van der Waals surface area contributed by atoms with Gasteiger partial charge in [-0.2, -0.15) is 23.4 Å². The number of pyridine rings is 2. The third-order valence-corrected chi connectivity index (χ3v) is 5.34. The van der Waals surface area contributed by atoms with Crippen molar-refractivity contribution in [1.82, 2.24) is 30.4 Å². The van der Waals surface area contributed by atoms with Crippen molar-refractivity contribution in [3.05, 3.63) is 42.5 Å². The van der Waals surface area contributed by atoms with E-state index in [0.29, 0.717) is 53.4 Å². The molecule has 0 spiro atoms. The Morgan fingerprint density at radius 3 is 2.74 bits per heavy atom. The highest BCUT2D eigenvalue weighted by molar-refractivity contribution is 6.01. The van der Waals surface area contributed by atoms with Gasteiger partial charge in [0.05, 0.1) is 31.1 Å². The van der Waals surface area contributed by atoms with Crippen LogP contribution in [-0.2, 0) is 10.9 Å². The Hall–Kier alpha value is -3.47. The molecule has 0 saturated carbocycles. The molecular weight excluding hydrogens is 411 g/mol. The number of ether oxygens (including phenoxy) is 1. The fourth-order valence-electron chi connectivity index (χ4n) is 3.87. The average Bonchev–Trinajstić information content (AvgIpc) is 3.45. The fourth-order valence-corrected chi connectivity index (χ4v) is 3.87. The number of hydrogen-bond donors (Lipinski definition) is 2. The van der Waals surface area contributed by atoms with E-state index in [2.05, 4.69) is 25.4 Å². The first-order valence-corrected chi connectivity index (χ1v) is 9.68. The minimum absolute atomic E-state index is 0.0188. The molecule has 0 amide bonds. The van der Waals surface area contributed by atoms with Crippen LogP contribution >= 0.6 is 0 Å². The first-order valence-electron chi connectivity index (χ1n) is 9.68. The van der Waals surface area contributed by atoms with Crippen LogP contribution < -0.4 is 4.90 Å². The summed E-state index contributed by atoms with van der Waals surface area (Å²) in [6.07, 6.45) is -0.246. The summed E-state index contributed by atoms with van der Waals surface area (Å²) in [5.41, 5.74) is 1.05. The normalized spacial score (nSPS) is 17.4. The molecule has 1 fully saturated rings. The van der Waals surface area contributed by atoms with Gasteiger partial charge in [-0.3, -0.25) is 15.2 Å². The van der Waals surface area contributed by atoms with E-state index in [4.69, 9.17) is 9.72 Å². The highest BCUT2D eigenvalue weighted by Crippen LogP contribution is 2.40. The number of hydrogen-bond acceptors (Lipinski definition) is 6. The first kappa shape index (κ1) is 19.5. The second-order valence-corrected chi connectivity index (χ2v) is 7.33. The van der Waals surface area contributed by atoms with Crippen molar-refractivity contribution in [1.29, 1.82) is 0 Å². The van der Waals surface area contributed by atoms with E-state index >= 15 is 0 Å². The second-order valence-electron chi connectivity index (χ2n) is 7.33. The van der Waals surface area contributed by atoms with Crippen LogP contribution in [0.2, 0.25) is 0 Å². The summed E-state index contributed by atoms with van der Waals surface area (Å²) >= 11 is 0. The Labute approximate surface area is 174 Å². The molecule has 5 rings (SSSR count). The molecule has 4 aromatic heterocycles. The van der Waals surface area contributed by atoms with Crippen molar-refractivity contribution in [3.8, 4) is 22.5 Å². The number of alkyl halides is 3. The summed E-state index contributed by atoms with van der Waals surface area (Å²) in [7, 11) is 0. The number of aromatic nitrogens is 6. The molecule has 1 aliphatic heterocycles. The van der Waals surface area contributed by atoms with Gasteiger partial charge < -0.3 is 9.64 Å². The lowest BCUT2D eigenvalue weighted by molar-refractivity contribution is -0.140. The van der Waals surface area contributed by atoms with Gasteiger partial charge in [0.1, 0.15) is 22.7 Å². The molecule has 5 heterocycles. The monoisotopic (exact) mass is 429 g/mol. The summed E-state index contributed by atoms with van der Waals surface area (Å²) in [4.78, 5) is 11.3. The molecule has 0 aliphatic carbocycles. The summed E-state index contributed by atoms with van der Waals surface area (Å²) in [6, 6.07) is 5.11. The molecule has 0 bridgehead atoms. The quantitative estimate of drug-likeness (QED) is 0.516. The Morgan fingerprint density at radius 1 is 1.13 bits per heavy atom. The zero-order chi connectivity index (χ0) is 21.6.